The molecular formula is C25H12BF3OS2. The van der Waals surface area contributed by atoms with E-state index in [4.69, 9.17) is 4.74 Å². The SMILES string of the molecule is FC(F)(F)c1ccc(-c2ccc3c4c2Oc2cccc5c2B4c2c(cccc2S3)S5)cc1. The summed E-state index contributed by atoms with van der Waals surface area (Å²) in [7, 11) is 0. The van der Waals surface area contributed by atoms with Gasteiger partial charge in [-0.1, -0.05) is 47.8 Å². The van der Waals surface area contributed by atoms with Crippen molar-refractivity contribution in [2.75, 3.05) is 0 Å². The summed E-state index contributed by atoms with van der Waals surface area (Å²) >= 11 is 3.51. The zero-order valence-corrected chi connectivity index (χ0v) is 18.0. The summed E-state index contributed by atoms with van der Waals surface area (Å²) < 4.78 is 45.7. The molecular weight excluding hydrogens is 448 g/mol. The maximum atomic E-state index is 13.1. The van der Waals surface area contributed by atoms with Crippen molar-refractivity contribution in [2.45, 2.75) is 25.8 Å². The van der Waals surface area contributed by atoms with Gasteiger partial charge < -0.3 is 4.74 Å². The van der Waals surface area contributed by atoms with Gasteiger partial charge in [0.15, 0.2) is 0 Å². The molecule has 1 nitrogen and oxygen atoms in total. The molecule has 0 fully saturated rings. The lowest BCUT2D eigenvalue weighted by Crippen LogP contribution is -2.60. The summed E-state index contributed by atoms with van der Waals surface area (Å²) in [6.45, 7) is 0.0723. The average molecular weight is 460 g/mol. The Kier molecular flexibility index (Phi) is 3.75. The fourth-order valence-electron chi connectivity index (χ4n) is 4.87. The minimum atomic E-state index is -4.36. The van der Waals surface area contributed by atoms with Gasteiger partial charge >= 0.3 is 6.18 Å². The van der Waals surface area contributed by atoms with Gasteiger partial charge in [0.25, 0.3) is 6.71 Å². The standard InChI is InChI=1S/C25H12BF3OS2/c27-25(28,29)14-9-7-13(8-10-14)15-11-12-20-23-24(15)30-16-3-1-4-17-21(16)26(23)22-18(31-17)5-2-6-19(22)32-20/h1-12H. The van der Waals surface area contributed by atoms with Crippen molar-refractivity contribution in [3.63, 3.8) is 0 Å². The van der Waals surface area contributed by atoms with E-state index < -0.39 is 11.7 Å². The molecule has 0 spiro atoms. The van der Waals surface area contributed by atoms with Crippen molar-refractivity contribution in [3.8, 4) is 22.6 Å². The van der Waals surface area contributed by atoms with Crippen molar-refractivity contribution in [3.05, 3.63) is 78.4 Å². The number of benzene rings is 4. The smallest absolute Gasteiger partial charge is 0.416 e. The van der Waals surface area contributed by atoms with Crippen LogP contribution in [-0.4, -0.2) is 6.71 Å². The quantitative estimate of drug-likeness (QED) is 0.282. The lowest BCUT2D eigenvalue weighted by atomic mass is 9.35. The molecule has 3 heterocycles. The van der Waals surface area contributed by atoms with Gasteiger partial charge in [0.05, 0.1) is 5.56 Å². The van der Waals surface area contributed by atoms with Gasteiger partial charge in [0.2, 0.25) is 0 Å². The van der Waals surface area contributed by atoms with Crippen molar-refractivity contribution in [1.82, 2.24) is 0 Å². The van der Waals surface area contributed by atoms with Crippen LogP contribution in [0.1, 0.15) is 5.56 Å². The molecule has 0 radical (unpaired) electrons. The molecule has 0 bridgehead atoms. The zero-order chi connectivity index (χ0) is 21.6. The largest absolute Gasteiger partial charge is 0.458 e. The minimum absolute atomic E-state index is 0.0723. The summed E-state index contributed by atoms with van der Waals surface area (Å²) in [5.41, 5.74) is 4.49. The lowest BCUT2D eigenvalue weighted by molar-refractivity contribution is -0.137. The number of halogens is 3. The number of rotatable bonds is 1. The van der Waals surface area contributed by atoms with Crippen LogP contribution >= 0.6 is 23.5 Å². The van der Waals surface area contributed by atoms with Gasteiger partial charge in [-0.2, -0.15) is 13.2 Å². The van der Waals surface area contributed by atoms with E-state index in [1.54, 1.807) is 23.5 Å². The second kappa shape index (κ2) is 6.39. The van der Waals surface area contributed by atoms with E-state index in [2.05, 4.69) is 30.3 Å². The highest BCUT2D eigenvalue weighted by molar-refractivity contribution is 8.01. The predicted octanol–water partition coefficient (Wildman–Crippen LogP) is 5.92. The third-order valence-electron chi connectivity index (χ3n) is 6.25. The molecule has 3 aliphatic rings. The molecule has 7 rings (SSSR count). The van der Waals surface area contributed by atoms with Crippen LogP contribution in [0.4, 0.5) is 13.2 Å². The van der Waals surface area contributed by atoms with Gasteiger partial charge in [-0.3, -0.25) is 0 Å². The average Bonchev–Trinajstić information content (AvgIpc) is 2.79. The Hall–Kier alpha value is -2.77. The van der Waals surface area contributed by atoms with Gasteiger partial charge in [-0.15, -0.1) is 0 Å². The molecule has 4 aromatic carbocycles. The monoisotopic (exact) mass is 460 g/mol. The number of alkyl halides is 3. The van der Waals surface area contributed by atoms with Gasteiger partial charge in [-0.05, 0) is 70.5 Å². The Balaban J connectivity index is 1.48. The number of ether oxygens (including phenoxy) is 1. The second-order valence-corrected chi connectivity index (χ2v) is 10.2. The Bertz CT molecular complexity index is 1410. The molecule has 0 N–H and O–H groups in total. The van der Waals surface area contributed by atoms with E-state index >= 15 is 0 Å². The molecule has 0 unspecified atom stereocenters. The van der Waals surface area contributed by atoms with E-state index in [1.165, 1.54) is 37.7 Å². The molecule has 0 aromatic heterocycles. The number of hydrogen-bond donors (Lipinski definition) is 0. The van der Waals surface area contributed by atoms with Crippen LogP contribution in [0.5, 0.6) is 11.5 Å². The molecule has 0 saturated heterocycles. The zero-order valence-electron chi connectivity index (χ0n) is 16.4. The van der Waals surface area contributed by atoms with Crippen LogP contribution in [-0.2, 0) is 6.18 Å². The van der Waals surface area contributed by atoms with Crippen LogP contribution in [0.15, 0.2) is 92.4 Å². The van der Waals surface area contributed by atoms with Gasteiger partial charge in [-0.25, -0.2) is 0 Å². The summed E-state index contributed by atoms with van der Waals surface area (Å²) in [4.78, 5) is 4.84. The molecule has 0 amide bonds. The minimum Gasteiger partial charge on any atom is -0.458 e. The summed E-state index contributed by atoms with van der Waals surface area (Å²) in [5.74, 6) is 1.57. The Morgan fingerprint density at radius 2 is 1.28 bits per heavy atom. The van der Waals surface area contributed by atoms with E-state index in [9.17, 15) is 13.2 Å². The first-order valence-corrected chi connectivity index (χ1v) is 11.8. The van der Waals surface area contributed by atoms with E-state index in [0.29, 0.717) is 5.56 Å². The predicted molar refractivity (Wildman–Crippen MR) is 123 cm³/mol. The summed E-state index contributed by atoms with van der Waals surface area (Å²) in [6.07, 6.45) is -4.36. The van der Waals surface area contributed by atoms with Crippen LogP contribution in [0.2, 0.25) is 0 Å². The Labute approximate surface area is 191 Å². The first-order valence-electron chi connectivity index (χ1n) is 10.1. The normalized spacial score (nSPS) is 14.7. The molecule has 7 heteroatoms. The first-order chi connectivity index (χ1) is 15.5. The molecule has 3 aliphatic heterocycles. The fourth-order valence-corrected chi connectivity index (χ4v) is 7.31. The molecule has 0 aliphatic carbocycles. The van der Waals surface area contributed by atoms with Crippen LogP contribution in [0.25, 0.3) is 11.1 Å². The summed E-state index contributed by atoms with van der Waals surface area (Å²) in [5, 5.41) is 0. The molecule has 0 atom stereocenters. The topological polar surface area (TPSA) is 9.23 Å². The van der Waals surface area contributed by atoms with Gasteiger partial charge in [0, 0.05) is 25.1 Å². The van der Waals surface area contributed by atoms with Gasteiger partial charge in [0.1, 0.15) is 11.5 Å². The van der Waals surface area contributed by atoms with Crippen molar-refractivity contribution in [1.29, 1.82) is 0 Å². The van der Waals surface area contributed by atoms with E-state index in [-0.39, 0.29) is 6.71 Å². The highest BCUT2D eigenvalue weighted by Gasteiger charge is 2.45. The van der Waals surface area contributed by atoms with Crippen molar-refractivity contribution in [2.24, 2.45) is 0 Å². The molecule has 0 saturated carbocycles. The Morgan fingerprint density at radius 3 is 1.97 bits per heavy atom. The maximum absolute atomic E-state index is 13.1. The third-order valence-corrected chi connectivity index (χ3v) is 8.55. The van der Waals surface area contributed by atoms with Crippen LogP contribution in [0, 0.1) is 0 Å². The first kappa shape index (κ1) is 18.8. The van der Waals surface area contributed by atoms with Crippen molar-refractivity contribution < 1.29 is 17.9 Å². The lowest BCUT2D eigenvalue weighted by Gasteiger charge is -2.38. The van der Waals surface area contributed by atoms with Crippen LogP contribution in [0.3, 0.4) is 0 Å². The molecule has 32 heavy (non-hydrogen) atoms. The number of hydrogen-bond acceptors (Lipinski definition) is 3. The third kappa shape index (κ3) is 2.52. The maximum Gasteiger partial charge on any atom is 0.416 e. The highest BCUT2D eigenvalue weighted by Crippen LogP contribution is 2.46. The van der Waals surface area contributed by atoms with Crippen LogP contribution < -0.4 is 21.1 Å². The summed E-state index contributed by atoms with van der Waals surface area (Å²) in [6, 6.07) is 21.9. The van der Waals surface area contributed by atoms with E-state index in [0.717, 1.165) is 39.6 Å². The van der Waals surface area contributed by atoms with Crippen molar-refractivity contribution >= 4 is 46.6 Å². The van der Waals surface area contributed by atoms with E-state index in [1.807, 2.05) is 18.2 Å². The molecule has 4 aromatic rings. The fraction of sp³-hybridized carbons (Fsp3) is 0.0400. The highest BCUT2D eigenvalue weighted by atomic mass is 32.2. The Morgan fingerprint density at radius 1 is 0.656 bits per heavy atom. The molecule has 154 valence electrons. The second-order valence-electron chi connectivity index (χ2n) is 8.00.